The fourth-order valence-electron chi connectivity index (χ4n) is 2.70. The highest BCUT2D eigenvalue weighted by molar-refractivity contribution is 7.99. The van der Waals surface area contributed by atoms with Crippen molar-refractivity contribution in [2.45, 2.75) is 49.4 Å². The lowest BCUT2D eigenvalue weighted by Gasteiger charge is -2.41. The molecule has 5 heteroatoms. The van der Waals surface area contributed by atoms with Crippen molar-refractivity contribution in [3.8, 4) is 0 Å². The summed E-state index contributed by atoms with van der Waals surface area (Å²) in [6, 6.07) is 8.26. The molecule has 0 spiro atoms. The Balaban J connectivity index is 2.19. The summed E-state index contributed by atoms with van der Waals surface area (Å²) < 4.78 is 25.4. The van der Waals surface area contributed by atoms with Crippen LogP contribution in [0.2, 0.25) is 0 Å². The number of nitrogens with one attached hydrogen (secondary N) is 1. The SMILES string of the molecule is CCCC1CN(c2ccccc2SC(F)F)C(C)CN1. The Morgan fingerprint density at radius 1 is 1.40 bits per heavy atom. The number of nitrogens with zero attached hydrogens (tertiary/aromatic N) is 1. The minimum Gasteiger partial charge on any atom is -0.365 e. The van der Waals surface area contributed by atoms with Crippen LogP contribution in [0.15, 0.2) is 29.2 Å². The van der Waals surface area contributed by atoms with E-state index in [1.54, 1.807) is 6.07 Å². The van der Waals surface area contributed by atoms with Gasteiger partial charge >= 0.3 is 0 Å². The zero-order valence-electron chi connectivity index (χ0n) is 12.0. The van der Waals surface area contributed by atoms with Crippen molar-refractivity contribution >= 4 is 17.4 Å². The second kappa shape index (κ2) is 7.27. The molecular weight excluding hydrogens is 278 g/mol. The first-order chi connectivity index (χ1) is 9.61. The summed E-state index contributed by atoms with van der Waals surface area (Å²) in [5, 5.41) is 3.53. The number of para-hydroxylation sites is 1. The van der Waals surface area contributed by atoms with Crippen molar-refractivity contribution in [2.24, 2.45) is 0 Å². The summed E-state index contributed by atoms with van der Waals surface area (Å²) in [5.74, 6) is -2.37. The van der Waals surface area contributed by atoms with Crippen molar-refractivity contribution in [3.05, 3.63) is 24.3 Å². The van der Waals surface area contributed by atoms with Crippen molar-refractivity contribution in [2.75, 3.05) is 18.0 Å². The van der Waals surface area contributed by atoms with E-state index in [-0.39, 0.29) is 0 Å². The van der Waals surface area contributed by atoms with Crippen molar-refractivity contribution in [1.82, 2.24) is 5.32 Å². The quantitative estimate of drug-likeness (QED) is 0.828. The van der Waals surface area contributed by atoms with E-state index in [0.29, 0.717) is 28.7 Å². The smallest absolute Gasteiger partial charge is 0.288 e. The Kier molecular flexibility index (Phi) is 5.66. The monoisotopic (exact) mass is 300 g/mol. The Bertz CT molecular complexity index is 428. The van der Waals surface area contributed by atoms with Gasteiger partial charge in [0.05, 0.1) is 5.69 Å². The molecule has 1 aliphatic rings. The number of hydrogen-bond donors (Lipinski definition) is 1. The van der Waals surface area contributed by atoms with E-state index in [0.717, 1.165) is 31.6 Å². The second-order valence-corrected chi connectivity index (χ2v) is 6.27. The molecule has 2 unspecified atom stereocenters. The van der Waals surface area contributed by atoms with Gasteiger partial charge in [0.1, 0.15) is 0 Å². The van der Waals surface area contributed by atoms with Gasteiger partial charge < -0.3 is 10.2 Å². The molecule has 0 aromatic heterocycles. The number of alkyl halides is 2. The zero-order chi connectivity index (χ0) is 14.5. The van der Waals surface area contributed by atoms with E-state index in [1.165, 1.54) is 0 Å². The van der Waals surface area contributed by atoms with E-state index in [1.807, 2.05) is 18.2 Å². The maximum Gasteiger partial charge on any atom is 0.288 e. The molecule has 112 valence electrons. The molecule has 20 heavy (non-hydrogen) atoms. The molecule has 0 aliphatic carbocycles. The fraction of sp³-hybridized carbons (Fsp3) is 0.600. The average molecular weight is 300 g/mol. The van der Waals surface area contributed by atoms with E-state index in [2.05, 4.69) is 24.1 Å². The number of hydrogen-bond acceptors (Lipinski definition) is 3. The van der Waals surface area contributed by atoms with Gasteiger partial charge in [0.15, 0.2) is 0 Å². The topological polar surface area (TPSA) is 15.3 Å². The van der Waals surface area contributed by atoms with Gasteiger partial charge in [-0.1, -0.05) is 37.2 Å². The molecule has 1 aromatic carbocycles. The molecule has 1 heterocycles. The lowest BCUT2D eigenvalue weighted by Crippen LogP contribution is -2.55. The molecule has 0 saturated carbocycles. The van der Waals surface area contributed by atoms with E-state index in [9.17, 15) is 8.78 Å². The third-order valence-electron chi connectivity index (χ3n) is 3.68. The summed E-state index contributed by atoms with van der Waals surface area (Å²) in [6.07, 6.45) is 2.25. The third-order valence-corrected chi connectivity index (χ3v) is 4.46. The maximum atomic E-state index is 12.7. The number of benzene rings is 1. The van der Waals surface area contributed by atoms with Gasteiger partial charge in [0.25, 0.3) is 5.76 Å². The van der Waals surface area contributed by atoms with Crippen LogP contribution < -0.4 is 10.2 Å². The summed E-state index contributed by atoms with van der Waals surface area (Å²) in [7, 11) is 0. The molecule has 1 saturated heterocycles. The molecule has 2 rings (SSSR count). The summed E-state index contributed by atoms with van der Waals surface area (Å²) in [6.45, 7) is 6.10. The highest BCUT2D eigenvalue weighted by atomic mass is 32.2. The minimum absolute atomic E-state index is 0.322. The Labute approximate surface area is 123 Å². The molecule has 1 aliphatic heterocycles. The molecule has 0 bridgehead atoms. The Morgan fingerprint density at radius 2 is 2.15 bits per heavy atom. The van der Waals surface area contributed by atoms with Crippen LogP contribution in [0.5, 0.6) is 0 Å². The molecule has 0 amide bonds. The average Bonchev–Trinajstić information content (AvgIpc) is 2.41. The number of rotatable bonds is 5. The van der Waals surface area contributed by atoms with Crippen LogP contribution in [0.1, 0.15) is 26.7 Å². The molecule has 0 radical (unpaired) electrons. The van der Waals surface area contributed by atoms with Gasteiger partial charge in [-0.15, -0.1) is 0 Å². The van der Waals surface area contributed by atoms with Crippen LogP contribution in [0.3, 0.4) is 0 Å². The van der Waals surface area contributed by atoms with Crippen LogP contribution in [0.25, 0.3) is 0 Å². The molecule has 1 N–H and O–H groups in total. The fourth-order valence-corrected chi connectivity index (χ4v) is 3.35. The first-order valence-corrected chi connectivity index (χ1v) is 8.03. The summed E-state index contributed by atoms with van der Waals surface area (Å²) >= 11 is 0.640. The highest BCUT2D eigenvalue weighted by Gasteiger charge is 2.26. The second-order valence-electron chi connectivity index (χ2n) is 5.24. The van der Waals surface area contributed by atoms with Crippen LogP contribution in [-0.4, -0.2) is 30.9 Å². The first-order valence-electron chi connectivity index (χ1n) is 7.15. The number of thioether (sulfide) groups is 1. The van der Waals surface area contributed by atoms with Gasteiger partial charge in [-0.05, 0) is 25.5 Å². The largest absolute Gasteiger partial charge is 0.365 e. The number of anilines is 1. The molecule has 1 aromatic rings. The van der Waals surface area contributed by atoms with Crippen LogP contribution in [0.4, 0.5) is 14.5 Å². The van der Waals surface area contributed by atoms with Crippen molar-refractivity contribution < 1.29 is 8.78 Å². The summed E-state index contributed by atoms with van der Waals surface area (Å²) in [5.41, 5.74) is 0.938. The lowest BCUT2D eigenvalue weighted by molar-refractivity contribution is 0.252. The minimum atomic E-state index is -2.37. The maximum absolute atomic E-state index is 12.7. The predicted octanol–water partition coefficient (Wildman–Crippen LogP) is 3.97. The Hall–Kier alpha value is -0.810. The van der Waals surface area contributed by atoms with E-state index >= 15 is 0 Å². The standard InChI is InChI=1S/C15H22F2N2S/c1-3-6-12-10-19(11(2)9-18-12)13-7-4-5-8-14(13)20-15(16)17/h4-5,7-8,11-12,15,18H,3,6,9-10H2,1-2H3. The molecule has 1 fully saturated rings. The van der Waals surface area contributed by atoms with Gasteiger partial charge in [-0.2, -0.15) is 8.78 Å². The van der Waals surface area contributed by atoms with Gasteiger partial charge in [-0.3, -0.25) is 0 Å². The third kappa shape index (κ3) is 3.85. The number of piperazine rings is 1. The Morgan fingerprint density at radius 3 is 2.85 bits per heavy atom. The van der Waals surface area contributed by atoms with Gasteiger partial charge in [-0.25, -0.2) is 0 Å². The highest BCUT2D eigenvalue weighted by Crippen LogP contribution is 2.35. The van der Waals surface area contributed by atoms with Crippen molar-refractivity contribution in [3.63, 3.8) is 0 Å². The van der Waals surface area contributed by atoms with E-state index in [4.69, 9.17) is 0 Å². The molecule has 2 nitrogen and oxygen atoms in total. The normalized spacial score (nSPS) is 23.4. The van der Waals surface area contributed by atoms with Gasteiger partial charge in [0.2, 0.25) is 0 Å². The lowest BCUT2D eigenvalue weighted by atomic mass is 10.1. The molecular formula is C15H22F2N2S. The van der Waals surface area contributed by atoms with Crippen LogP contribution >= 0.6 is 11.8 Å². The molecule has 2 atom stereocenters. The predicted molar refractivity (Wildman–Crippen MR) is 81.8 cm³/mol. The summed E-state index contributed by atoms with van der Waals surface area (Å²) in [4.78, 5) is 2.94. The van der Waals surface area contributed by atoms with Crippen LogP contribution in [0, 0.1) is 0 Å². The van der Waals surface area contributed by atoms with E-state index < -0.39 is 5.76 Å². The zero-order valence-corrected chi connectivity index (χ0v) is 12.8. The van der Waals surface area contributed by atoms with Gasteiger partial charge in [0, 0.05) is 30.1 Å². The van der Waals surface area contributed by atoms with Crippen molar-refractivity contribution in [1.29, 1.82) is 0 Å². The number of halogens is 2. The van der Waals surface area contributed by atoms with Crippen LogP contribution in [-0.2, 0) is 0 Å². The first kappa shape index (κ1) is 15.6.